The lowest BCUT2D eigenvalue weighted by atomic mass is 9.74. The van der Waals surface area contributed by atoms with Gasteiger partial charge in [-0.25, -0.2) is 0 Å². The summed E-state index contributed by atoms with van der Waals surface area (Å²) in [5, 5.41) is 0. The zero-order valence-corrected chi connectivity index (χ0v) is 17.8. The number of hydrogen-bond donors (Lipinski definition) is 0. The van der Waals surface area contributed by atoms with E-state index in [9.17, 15) is 9.59 Å². The number of benzene rings is 1. The molecule has 0 bridgehead atoms. The van der Waals surface area contributed by atoms with Crippen molar-refractivity contribution >= 4 is 11.8 Å². The number of nitrogens with zero attached hydrogens (tertiary/aromatic N) is 2. The van der Waals surface area contributed by atoms with Gasteiger partial charge in [0, 0.05) is 27.2 Å². The molecule has 2 aliphatic rings. The molecule has 2 amide bonds. The highest BCUT2D eigenvalue weighted by Crippen LogP contribution is 2.38. The van der Waals surface area contributed by atoms with E-state index in [1.807, 2.05) is 24.1 Å². The topological polar surface area (TPSA) is 59.1 Å². The number of aryl methyl sites for hydroxylation is 1. The van der Waals surface area contributed by atoms with Crippen LogP contribution in [0.4, 0.5) is 0 Å². The lowest BCUT2D eigenvalue weighted by Gasteiger charge is -2.44. The van der Waals surface area contributed by atoms with Crippen molar-refractivity contribution in [3.63, 3.8) is 0 Å². The van der Waals surface area contributed by atoms with Crippen LogP contribution in [-0.2, 0) is 20.7 Å². The fourth-order valence-electron chi connectivity index (χ4n) is 4.61. The molecule has 29 heavy (non-hydrogen) atoms. The largest absolute Gasteiger partial charge is 0.491 e. The third kappa shape index (κ3) is 5.30. The molecule has 1 aromatic rings. The van der Waals surface area contributed by atoms with Gasteiger partial charge in [-0.15, -0.1) is 0 Å². The van der Waals surface area contributed by atoms with Crippen molar-refractivity contribution in [2.45, 2.75) is 44.9 Å². The van der Waals surface area contributed by atoms with E-state index >= 15 is 0 Å². The van der Waals surface area contributed by atoms with Crippen LogP contribution in [0.15, 0.2) is 24.3 Å². The average Bonchev–Trinajstić information content (AvgIpc) is 2.74. The van der Waals surface area contributed by atoms with Crippen molar-refractivity contribution < 1.29 is 19.1 Å². The van der Waals surface area contributed by atoms with E-state index in [1.165, 1.54) is 5.56 Å². The number of piperidine rings is 1. The van der Waals surface area contributed by atoms with Crippen LogP contribution in [0.3, 0.4) is 0 Å². The summed E-state index contributed by atoms with van der Waals surface area (Å²) >= 11 is 0. The average molecular weight is 403 g/mol. The van der Waals surface area contributed by atoms with Crippen molar-refractivity contribution in [1.82, 2.24) is 9.80 Å². The zero-order chi connectivity index (χ0) is 20.7. The molecule has 2 aliphatic heterocycles. The summed E-state index contributed by atoms with van der Waals surface area (Å²) in [6, 6.07) is 8.18. The Bertz CT molecular complexity index is 708. The van der Waals surface area contributed by atoms with E-state index in [-0.39, 0.29) is 11.8 Å². The Balaban J connectivity index is 1.75. The molecule has 0 aliphatic carbocycles. The maximum Gasteiger partial charge on any atom is 0.230 e. The normalized spacial score (nSPS) is 23.7. The molecular weight excluding hydrogens is 368 g/mol. The van der Waals surface area contributed by atoms with Crippen molar-refractivity contribution in [3.05, 3.63) is 29.8 Å². The number of ether oxygens (including phenoxy) is 2. The number of fused-ring (bicyclic) bond motifs is 1. The van der Waals surface area contributed by atoms with Crippen LogP contribution < -0.4 is 4.74 Å². The highest BCUT2D eigenvalue weighted by Gasteiger charge is 2.44. The smallest absolute Gasteiger partial charge is 0.230 e. The minimum absolute atomic E-state index is 0.0877. The molecule has 3 rings (SSSR count). The van der Waals surface area contributed by atoms with E-state index < -0.39 is 5.41 Å². The maximum absolute atomic E-state index is 13.5. The number of likely N-dealkylation sites (tertiary alicyclic amines) is 1. The Hall–Kier alpha value is -2.08. The lowest BCUT2D eigenvalue weighted by Crippen LogP contribution is -2.54. The molecule has 0 saturated carbocycles. The molecule has 0 aromatic heterocycles. The predicted octanol–water partition coefficient (Wildman–Crippen LogP) is 2.90. The Labute approximate surface area is 174 Å². The number of carbonyl (C=O) groups excluding carboxylic acids is 2. The van der Waals surface area contributed by atoms with Crippen LogP contribution in [0, 0.1) is 5.41 Å². The number of para-hydroxylation sites is 1. The number of hydrogen-bond acceptors (Lipinski definition) is 4. The van der Waals surface area contributed by atoms with Gasteiger partial charge in [0.1, 0.15) is 12.4 Å². The molecule has 1 saturated heterocycles. The molecule has 2 heterocycles. The highest BCUT2D eigenvalue weighted by atomic mass is 16.5. The van der Waals surface area contributed by atoms with Gasteiger partial charge in [0.2, 0.25) is 11.8 Å². The monoisotopic (exact) mass is 402 g/mol. The number of likely N-dealkylation sites (N-methyl/N-ethyl adjacent to an activating group) is 1. The summed E-state index contributed by atoms with van der Waals surface area (Å²) < 4.78 is 11.0. The molecule has 0 N–H and O–H groups in total. The molecule has 1 spiro atoms. The third-order valence-electron chi connectivity index (χ3n) is 6.26. The Morgan fingerprint density at radius 1 is 1.17 bits per heavy atom. The van der Waals surface area contributed by atoms with Gasteiger partial charge in [-0.05, 0) is 43.7 Å². The number of rotatable bonds is 3. The van der Waals surface area contributed by atoms with Gasteiger partial charge in [-0.3, -0.25) is 9.59 Å². The van der Waals surface area contributed by atoms with Crippen LogP contribution in [-0.4, -0.2) is 68.6 Å². The molecule has 0 radical (unpaired) electrons. The van der Waals surface area contributed by atoms with Crippen molar-refractivity contribution in [2.24, 2.45) is 5.41 Å². The van der Waals surface area contributed by atoms with Crippen LogP contribution in [0.2, 0.25) is 0 Å². The highest BCUT2D eigenvalue weighted by molar-refractivity contribution is 5.84. The molecule has 1 fully saturated rings. The van der Waals surface area contributed by atoms with Gasteiger partial charge in [0.15, 0.2) is 0 Å². The van der Waals surface area contributed by atoms with Gasteiger partial charge in [0.25, 0.3) is 0 Å². The van der Waals surface area contributed by atoms with Crippen LogP contribution >= 0.6 is 0 Å². The number of methoxy groups -OCH3 is 1. The van der Waals surface area contributed by atoms with Gasteiger partial charge >= 0.3 is 0 Å². The van der Waals surface area contributed by atoms with Gasteiger partial charge in [-0.1, -0.05) is 24.6 Å². The fraction of sp³-hybridized carbons (Fsp3) is 0.652. The van der Waals surface area contributed by atoms with Crippen molar-refractivity contribution in [2.75, 3.05) is 47.0 Å². The van der Waals surface area contributed by atoms with Crippen molar-refractivity contribution in [1.29, 1.82) is 0 Å². The molecule has 1 atom stereocenters. The third-order valence-corrected chi connectivity index (χ3v) is 6.26. The standard InChI is InChI=1S/C23H34N2O4/c1-24-15-17-29-20-10-4-3-8-19(20)9-5-6-12-23(22(24)27)13-7-14-25(18-23)21(26)11-16-28-2/h3-4,8,10H,5-7,9,11-18H2,1-2H3. The lowest BCUT2D eigenvalue weighted by molar-refractivity contribution is -0.149. The summed E-state index contributed by atoms with van der Waals surface area (Å²) in [7, 11) is 3.47. The molecule has 160 valence electrons. The Kier molecular flexibility index (Phi) is 7.53. The predicted molar refractivity (Wildman–Crippen MR) is 112 cm³/mol. The van der Waals surface area contributed by atoms with E-state index in [0.29, 0.717) is 32.7 Å². The summed E-state index contributed by atoms with van der Waals surface area (Å²) in [4.78, 5) is 29.7. The van der Waals surface area contributed by atoms with E-state index in [4.69, 9.17) is 9.47 Å². The summed E-state index contributed by atoms with van der Waals surface area (Å²) in [6.45, 7) is 2.71. The minimum atomic E-state index is -0.478. The van der Waals surface area contributed by atoms with Crippen LogP contribution in [0.25, 0.3) is 0 Å². The molecule has 6 heteroatoms. The minimum Gasteiger partial charge on any atom is -0.491 e. The van der Waals surface area contributed by atoms with Gasteiger partial charge in [-0.2, -0.15) is 0 Å². The summed E-state index contributed by atoms with van der Waals surface area (Å²) in [5.74, 6) is 1.17. The quantitative estimate of drug-likeness (QED) is 0.780. The molecular formula is C23H34N2O4. The van der Waals surface area contributed by atoms with Gasteiger partial charge < -0.3 is 19.3 Å². The Morgan fingerprint density at radius 3 is 2.79 bits per heavy atom. The second-order valence-electron chi connectivity index (χ2n) is 8.33. The fourth-order valence-corrected chi connectivity index (χ4v) is 4.61. The first-order valence-electron chi connectivity index (χ1n) is 10.8. The van der Waals surface area contributed by atoms with E-state index in [1.54, 1.807) is 12.0 Å². The van der Waals surface area contributed by atoms with Crippen molar-refractivity contribution in [3.8, 4) is 5.75 Å². The first-order valence-corrected chi connectivity index (χ1v) is 10.8. The first-order chi connectivity index (χ1) is 14.1. The Morgan fingerprint density at radius 2 is 1.97 bits per heavy atom. The second-order valence-corrected chi connectivity index (χ2v) is 8.33. The number of carbonyl (C=O) groups is 2. The first kappa shape index (κ1) is 21.6. The molecule has 1 unspecified atom stereocenters. The maximum atomic E-state index is 13.5. The zero-order valence-electron chi connectivity index (χ0n) is 17.8. The summed E-state index contributed by atoms with van der Waals surface area (Å²) in [6.07, 6.45) is 5.85. The van der Waals surface area contributed by atoms with E-state index in [2.05, 4.69) is 12.1 Å². The molecule has 1 aromatic carbocycles. The number of amides is 2. The summed E-state index contributed by atoms with van der Waals surface area (Å²) in [5.41, 5.74) is 0.755. The second kappa shape index (κ2) is 10.1. The SMILES string of the molecule is COCCC(=O)N1CCCC2(CCCCc3ccccc3OCCN(C)C2=O)C1. The van der Waals surface area contributed by atoms with Gasteiger partial charge in [0.05, 0.1) is 25.0 Å². The van der Waals surface area contributed by atoms with Crippen LogP contribution in [0.1, 0.15) is 44.1 Å². The van der Waals surface area contributed by atoms with E-state index in [0.717, 1.165) is 50.8 Å². The molecule has 6 nitrogen and oxygen atoms in total. The van der Waals surface area contributed by atoms with Crippen LogP contribution in [0.5, 0.6) is 5.75 Å².